The van der Waals surface area contributed by atoms with Crippen molar-refractivity contribution in [1.82, 2.24) is 0 Å². The van der Waals surface area contributed by atoms with E-state index in [1.54, 1.807) is 0 Å². The van der Waals surface area contributed by atoms with Crippen molar-refractivity contribution in [3.63, 3.8) is 0 Å². The molecule has 0 aromatic heterocycles. The summed E-state index contributed by atoms with van der Waals surface area (Å²) in [7, 11) is 0. The van der Waals surface area contributed by atoms with Gasteiger partial charge in [0, 0.05) is 19.3 Å². The highest BCUT2D eigenvalue weighted by molar-refractivity contribution is 5.71. The van der Waals surface area contributed by atoms with Crippen LogP contribution in [0.2, 0.25) is 0 Å². The second-order valence-electron chi connectivity index (χ2n) is 18.8. The van der Waals surface area contributed by atoms with Crippen LogP contribution in [0.25, 0.3) is 0 Å². The average Bonchev–Trinajstić information content (AvgIpc) is 3.36. The fourth-order valence-corrected chi connectivity index (χ4v) is 7.72. The predicted octanol–water partition coefficient (Wildman–Crippen LogP) is 19.5. The Bertz CT molecular complexity index is 1440. The molecule has 0 amide bonds. The Labute approximate surface area is 431 Å². The summed E-state index contributed by atoms with van der Waals surface area (Å²) in [6, 6.07) is 0. The number of esters is 3. The van der Waals surface area contributed by atoms with Crippen LogP contribution in [0.4, 0.5) is 0 Å². The fraction of sp³-hybridized carbons (Fsp3) is 0.672. The van der Waals surface area contributed by atoms with Crippen molar-refractivity contribution < 1.29 is 28.6 Å². The molecule has 6 nitrogen and oxygen atoms in total. The van der Waals surface area contributed by atoms with Gasteiger partial charge in [-0.3, -0.25) is 14.4 Å². The van der Waals surface area contributed by atoms with Gasteiger partial charge >= 0.3 is 17.9 Å². The van der Waals surface area contributed by atoms with E-state index in [0.717, 1.165) is 109 Å². The first kappa shape index (κ1) is 66.1. The van der Waals surface area contributed by atoms with Gasteiger partial charge in [0.2, 0.25) is 0 Å². The largest absolute Gasteiger partial charge is 0.462 e. The third kappa shape index (κ3) is 55.0. The molecule has 0 aromatic rings. The molecule has 0 radical (unpaired) electrons. The molecule has 0 aliphatic heterocycles. The van der Waals surface area contributed by atoms with E-state index in [1.165, 1.54) is 103 Å². The van der Waals surface area contributed by atoms with E-state index in [4.69, 9.17) is 14.2 Å². The van der Waals surface area contributed by atoms with Crippen molar-refractivity contribution in [1.29, 1.82) is 0 Å². The molecule has 0 N–H and O–H groups in total. The van der Waals surface area contributed by atoms with Gasteiger partial charge in [-0.2, -0.15) is 0 Å². The molecular formula is C64H106O6. The number of carbonyl (C=O) groups is 3. The highest BCUT2D eigenvalue weighted by Gasteiger charge is 2.19. The Balaban J connectivity index is 4.49. The first-order chi connectivity index (χ1) is 34.5. The van der Waals surface area contributed by atoms with Gasteiger partial charge in [0.25, 0.3) is 0 Å². The van der Waals surface area contributed by atoms with Crippen LogP contribution in [-0.2, 0) is 28.6 Å². The summed E-state index contributed by atoms with van der Waals surface area (Å²) in [4.78, 5) is 38.2. The molecule has 1 unspecified atom stereocenters. The molecule has 0 rings (SSSR count). The molecule has 0 heterocycles. The van der Waals surface area contributed by atoms with E-state index in [2.05, 4.69) is 130 Å². The third-order valence-electron chi connectivity index (χ3n) is 12.0. The number of hydrogen-bond acceptors (Lipinski definition) is 6. The summed E-state index contributed by atoms with van der Waals surface area (Å²) in [5.41, 5.74) is 0. The number of hydrogen-bond donors (Lipinski definition) is 0. The minimum atomic E-state index is -0.816. The zero-order valence-electron chi connectivity index (χ0n) is 45.5. The van der Waals surface area contributed by atoms with Crippen LogP contribution in [0, 0.1) is 0 Å². The van der Waals surface area contributed by atoms with Crippen molar-refractivity contribution in [2.45, 2.75) is 264 Å². The number of unbranched alkanes of at least 4 members (excludes halogenated alkanes) is 22. The van der Waals surface area contributed by atoms with Crippen molar-refractivity contribution >= 4 is 17.9 Å². The first-order valence-corrected chi connectivity index (χ1v) is 28.9. The Morgan fingerprint density at radius 1 is 0.300 bits per heavy atom. The van der Waals surface area contributed by atoms with Gasteiger partial charge < -0.3 is 14.2 Å². The second kappa shape index (κ2) is 57.6. The predicted molar refractivity (Wildman–Crippen MR) is 302 cm³/mol. The van der Waals surface area contributed by atoms with Crippen LogP contribution >= 0.6 is 0 Å². The average molecular weight is 972 g/mol. The smallest absolute Gasteiger partial charge is 0.306 e. The van der Waals surface area contributed by atoms with Gasteiger partial charge in [-0.25, -0.2) is 0 Å². The van der Waals surface area contributed by atoms with E-state index in [-0.39, 0.29) is 37.5 Å². The summed E-state index contributed by atoms with van der Waals surface area (Å²) < 4.78 is 16.8. The minimum absolute atomic E-state index is 0.107. The van der Waals surface area contributed by atoms with Gasteiger partial charge in [-0.05, 0) is 116 Å². The van der Waals surface area contributed by atoms with E-state index < -0.39 is 6.10 Å². The molecule has 0 saturated heterocycles. The van der Waals surface area contributed by atoms with E-state index in [0.29, 0.717) is 19.3 Å². The maximum atomic E-state index is 12.8. The SMILES string of the molecule is CC/C=C\C/C=C\C/C=C\C/C=C\C/C=C\CCCC(=O)OC(COC(=O)CCCCCCC/C=C\CCCCCCCCC)COC(=O)CCCCCCCCCCC/C=C\C/C=C\C/C=C\CC. The second-order valence-corrected chi connectivity index (χ2v) is 18.8. The minimum Gasteiger partial charge on any atom is -0.462 e. The van der Waals surface area contributed by atoms with E-state index >= 15 is 0 Å². The van der Waals surface area contributed by atoms with Crippen molar-refractivity contribution in [2.24, 2.45) is 0 Å². The van der Waals surface area contributed by atoms with Crippen LogP contribution in [0.15, 0.2) is 109 Å². The van der Waals surface area contributed by atoms with Crippen LogP contribution in [0.5, 0.6) is 0 Å². The van der Waals surface area contributed by atoms with Crippen LogP contribution in [-0.4, -0.2) is 37.2 Å². The standard InChI is InChI=1S/C64H106O6/c1-4-7-10-13-16-19-22-25-28-31-32-34-36-39-42-45-48-51-54-57-63(66)69-60-61(59-68-62(65)56-53-50-47-44-41-38-35-30-27-24-21-18-15-12-9-6-3)70-64(67)58-55-52-49-46-43-40-37-33-29-26-23-20-17-14-11-8-5-2/h7-8,10-11,16-17,19-20,25-26,28-30,35,37,40,46,49,61H,4-6,9,12-15,18,21-24,27,31-34,36,38-39,41-45,47-48,50-60H2,1-3H3/b10-7-,11-8-,19-16-,20-17-,28-25-,29-26-,35-30-,40-37-,49-46-. The lowest BCUT2D eigenvalue weighted by molar-refractivity contribution is -0.167. The number of allylic oxidation sites excluding steroid dienone is 18. The lowest BCUT2D eigenvalue weighted by Crippen LogP contribution is -2.30. The summed E-state index contributed by atoms with van der Waals surface area (Å²) in [6.07, 6.45) is 78.0. The summed E-state index contributed by atoms with van der Waals surface area (Å²) >= 11 is 0. The van der Waals surface area contributed by atoms with Crippen LogP contribution < -0.4 is 0 Å². The van der Waals surface area contributed by atoms with Gasteiger partial charge in [-0.1, -0.05) is 233 Å². The van der Waals surface area contributed by atoms with Crippen molar-refractivity contribution in [3.05, 3.63) is 109 Å². The molecule has 398 valence electrons. The van der Waals surface area contributed by atoms with Crippen molar-refractivity contribution in [3.8, 4) is 0 Å². The van der Waals surface area contributed by atoms with Gasteiger partial charge in [0.05, 0.1) is 0 Å². The van der Waals surface area contributed by atoms with E-state index in [1.807, 2.05) is 0 Å². The van der Waals surface area contributed by atoms with E-state index in [9.17, 15) is 14.4 Å². The van der Waals surface area contributed by atoms with Gasteiger partial charge in [0.15, 0.2) is 6.10 Å². The molecule has 0 spiro atoms. The van der Waals surface area contributed by atoms with Crippen LogP contribution in [0.3, 0.4) is 0 Å². The quantitative estimate of drug-likeness (QED) is 0.0262. The maximum Gasteiger partial charge on any atom is 0.306 e. The zero-order chi connectivity index (χ0) is 50.7. The fourth-order valence-electron chi connectivity index (χ4n) is 7.72. The summed E-state index contributed by atoms with van der Waals surface area (Å²) in [5, 5.41) is 0. The monoisotopic (exact) mass is 971 g/mol. The molecule has 0 aliphatic carbocycles. The normalized spacial score (nSPS) is 12.9. The Morgan fingerprint density at radius 3 is 0.929 bits per heavy atom. The lowest BCUT2D eigenvalue weighted by atomic mass is 10.1. The Morgan fingerprint density at radius 2 is 0.571 bits per heavy atom. The molecule has 0 bridgehead atoms. The van der Waals surface area contributed by atoms with Gasteiger partial charge in [0.1, 0.15) is 13.2 Å². The zero-order valence-corrected chi connectivity index (χ0v) is 45.5. The molecule has 6 heteroatoms. The molecule has 70 heavy (non-hydrogen) atoms. The Hall–Kier alpha value is -3.93. The molecule has 1 atom stereocenters. The molecular weight excluding hydrogens is 865 g/mol. The summed E-state index contributed by atoms with van der Waals surface area (Å²) in [6.45, 7) is 6.36. The highest BCUT2D eigenvalue weighted by Crippen LogP contribution is 2.14. The number of carbonyl (C=O) groups excluding carboxylic acids is 3. The number of rotatable bonds is 51. The maximum absolute atomic E-state index is 12.8. The summed E-state index contributed by atoms with van der Waals surface area (Å²) in [5.74, 6) is -0.978. The first-order valence-electron chi connectivity index (χ1n) is 28.9. The number of ether oxygens (including phenoxy) is 3. The topological polar surface area (TPSA) is 78.9 Å². The van der Waals surface area contributed by atoms with Gasteiger partial charge in [-0.15, -0.1) is 0 Å². The van der Waals surface area contributed by atoms with Crippen LogP contribution in [0.1, 0.15) is 258 Å². The molecule has 0 aliphatic rings. The highest BCUT2D eigenvalue weighted by atomic mass is 16.6. The lowest BCUT2D eigenvalue weighted by Gasteiger charge is -2.18. The molecule has 0 saturated carbocycles. The van der Waals surface area contributed by atoms with Crippen molar-refractivity contribution in [2.75, 3.05) is 13.2 Å². The third-order valence-corrected chi connectivity index (χ3v) is 12.0. The molecule has 0 aromatic carbocycles. The molecule has 0 fully saturated rings. The Kier molecular flexibility index (Phi) is 54.4.